The number of aliphatic hydroxyl groups is 2. The fourth-order valence-corrected chi connectivity index (χ4v) is 10.8. The number of aliphatic hydroxyl groups excluding tert-OH is 2. The summed E-state index contributed by atoms with van der Waals surface area (Å²) in [6, 6.07) is 31.4. The van der Waals surface area contributed by atoms with E-state index >= 15 is 0 Å². The van der Waals surface area contributed by atoms with Gasteiger partial charge in [-0.3, -0.25) is 9.13 Å². The second-order valence-corrected chi connectivity index (χ2v) is 22.6. The van der Waals surface area contributed by atoms with Crippen molar-refractivity contribution < 1.29 is 117 Å². The number of carbonyl (C=O) groups excluding carboxylic acids is 2. The van der Waals surface area contributed by atoms with Crippen LogP contribution in [-0.4, -0.2) is 65.6 Å². The van der Waals surface area contributed by atoms with Gasteiger partial charge in [-0.2, -0.15) is 0 Å². The molecular formula is C56H60F2N2Na2O10P2. The molecule has 12 nitrogen and oxygen atoms in total. The average molecular weight is 1070 g/mol. The van der Waals surface area contributed by atoms with Crippen LogP contribution in [0, 0.1) is 34.8 Å². The monoisotopic (exact) mass is 1070 g/mol. The van der Waals surface area contributed by atoms with Crippen molar-refractivity contribution in [3.05, 3.63) is 143 Å². The zero-order chi connectivity index (χ0) is 53.2. The number of aliphatic carboxylic acids is 2. The Morgan fingerprint density at radius 1 is 0.527 bits per heavy atom. The molecule has 2 aromatic heterocycles. The van der Waals surface area contributed by atoms with Crippen LogP contribution in [0.4, 0.5) is 8.78 Å². The van der Waals surface area contributed by atoms with Gasteiger partial charge in [-0.05, 0) is 97.4 Å². The van der Waals surface area contributed by atoms with Crippen molar-refractivity contribution in [3.8, 4) is 67.9 Å². The van der Waals surface area contributed by atoms with Crippen molar-refractivity contribution in [2.75, 3.05) is 12.3 Å². The van der Waals surface area contributed by atoms with Crippen molar-refractivity contribution in [3.63, 3.8) is 0 Å². The molecule has 0 bridgehead atoms. The molecule has 6 rings (SSSR count). The standard InChI is InChI=1S/2C28H31FNO5P.2Na/c2*1-18(2)27-24(14-15-36(34,35)17-23(31)16-25(32)33)26(20-10-12-22(29)13-11-20)28(30(27)19(3)4)21-8-6-5-7-9-21;;/h2*5-13,18-19,23,31H,16-17H2,1-4H3,(H,32,33)(H,34,35);;/q;;2*+1/p-2/t2*23-;;/m00../s1. The van der Waals surface area contributed by atoms with Gasteiger partial charge in [0.1, 0.15) is 11.6 Å². The molecule has 0 aliphatic rings. The van der Waals surface area contributed by atoms with Crippen LogP contribution >= 0.6 is 14.7 Å². The maximum Gasteiger partial charge on any atom is 1.00 e. The molecule has 380 valence electrons. The second-order valence-electron chi connectivity index (χ2n) is 18.7. The van der Waals surface area contributed by atoms with Crippen LogP contribution in [0.15, 0.2) is 109 Å². The van der Waals surface area contributed by atoms with Gasteiger partial charge in [-0.1, -0.05) is 124 Å². The summed E-state index contributed by atoms with van der Waals surface area (Å²) in [7, 11) is -8.43. The molecule has 0 amide bonds. The van der Waals surface area contributed by atoms with E-state index in [1.165, 1.54) is 24.3 Å². The van der Waals surface area contributed by atoms with E-state index in [2.05, 4.69) is 32.3 Å². The number of rotatable bonds is 16. The third-order valence-corrected chi connectivity index (χ3v) is 14.2. The third kappa shape index (κ3) is 16.8. The first-order chi connectivity index (χ1) is 33.8. The molecular weight excluding hydrogens is 1010 g/mol. The van der Waals surface area contributed by atoms with E-state index in [0.717, 1.165) is 33.9 Å². The molecule has 6 aromatic rings. The van der Waals surface area contributed by atoms with Crippen molar-refractivity contribution in [2.24, 2.45) is 0 Å². The van der Waals surface area contributed by atoms with Gasteiger partial charge in [-0.25, -0.2) is 8.78 Å². The number of carbonyl (C=O) groups is 2. The van der Waals surface area contributed by atoms with Crippen molar-refractivity contribution >= 4 is 26.7 Å². The Balaban J connectivity index is 0.000000380. The van der Waals surface area contributed by atoms with E-state index < -0.39 is 64.0 Å². The smallest absolute Gasteiger partial charge is 0.550 e. The summed E-state index contributed by atoms with van der Waals surface area (Å²) >= 11 is 0. The maximum atomic E-state index is 13.8. The molecule has 0 fully saturated rings. The van der Waals surface area contributed by atoms with Crippen LogP contribution in [0.2, 0.25) is 0 Å². The number of aromatic nitrogens is 2. The first-order valence-corrected chi connectivity index (χ1v) is 27.2. The maximum absolute atomic E-state index is 13.8. The summed E-state index contributed by atoms with van der Waals surface area (Å²) in [6.07, 6.45) is -6.00. The van der Waals surface area contributed by atoms with Crippen LogP contribution in [0.1, 0.15) is 115 Å². The summed E-state index contributed by atoms with van der Waals surface area (Å²) in [5.41, 5.74) is 14.0. The van der Waals surface area contributed by atoms with Crippen LogP contribution in [-0.2, 0) is 18.7 Å². The van der Waals surface area contributed by atoms with E-state index in [1.54, 1.807) is 24.3 Å². The predicted molar refractivity (Wildman–Crippen MR) is 274 cm³/mol. The largest absolute Gasteiger partial charge is 1.00 e. The number of carboxylic acids is 2. The van der Waals surface area contributed by atoms with Gasteiger partial charge in [-0.15, -0.1) is 0 Å². The number of nitrogens with zero attached hydrogens (tertiary/aromatic N) is 2. The number of benzene rings is 4. The van der Waals surface area contributed by atoms with Gasteiger partial charge in [0.25, 0.3) is 14.7 Å². The predicted octanol–water partition coefficient (Wildman–Crippen LogP) is 3.50. The van der Waals surface area contributed by atoms with Gasteiger partial charge in [0.2, 0.25) is 0 Å². The van der Waals surface area contributed by atoms with Crippen molar-refractivity contribution in [1.82, 2.24) is 9.13 Å². The SMILES string of the molecule is CC(C)c1c(C#CP(=O)(O)C[C@@H](O)CC(=O)[O-])c(-c2ccc(F)cc2)c(-c2ccccc2)n1C(C)C.CC(C)c1c(C#CP(=O)(O)C[C@@H](O)CC(=O)[O-])c(-c2ccc(F)cc2)c(-c2ccccc2)n1C(C)C.[Na+].[Na+]. The molecule has 0 aliphatic carbocycles. The molecule has 4 aromatic carbocycles. The van der Waals surface area contributed by atoms with E-state index in [1.807, 2.05) is 116 Å². The van der Waals surface area contributed by atoms with Crippen LogP contribution in [0.25, 0.3) is 44.8 Å². The zero-order valence-electron chi connectivity index (χ0n) is 43.5. The Morgan fingerprint density at radius 3 is 1.08 bits per heavy atom. The minimum atomic E-state index is -4.21. The average Bonchev–Trinajstić information content (AvgIpc) is 3.83. The Labute approximate surface area is 476 Å². The first kappa shape index (κ1) is 63.9. The van der Waals surface area contributed by atoms with Crippen LogP contribution < -0.4 is 69.3 Å². The molecule has 4 atom stereocenters. The second kappa shape index (κ2) is 28.2. The summed E-state index contributed by atoms with van der Waals surface area (Å²) in [4.78, 5) is 42.4. The topological polar surface area (TPSA) is 205 Å². The van der Waals surface area contributed by atoms with Gasteiger partial charge >= 0.3 is 59.1 Å². The fraction of sp³-hybridized carbons (Fsp3) is 0.321. The Bertz CT molecular complexity index is 2890. The molecule has 0 radical (unpaired) electrons. The third-order valence-electron chi connectivity index (χ3n) is 11.4. The van der Waals surface area contributed by atoms with Crippen LogP contribution in [0.5, 0.6) is 0 Å². The molecule has 18 heteroatoms. The molecule has 0 aliphatic heterocycles. The Kier molecular flexibility index (Phi) is 24.3. The Morgan fingerprint density at radius 2 is 0.824 bits per heavy atom. The molecule has 4 N–H and O–H groups in total. The molecule has 0 saturated heterocycles. The molecule has 2 heterocycles. The molecule has 74 heavy (non-hydrogen) atoms. The van der Waals surface area contributed by atoms with E-state index in [9.17, 15) is 57.7 Å². The minimum Gasteiger partial charge on any atom is -0.550 e. The van der Waals surface area contributed by atoms with Crippen molar-refractivity contribution in [2.45, 2.75) is 104 Å². The summed E-state index contributed by atoms with van der Waals surface area (Å²) in [5, 5.41) is 41.2. The van der Waals surface area contributed by atoms with E-state index in [0.29, 0.717) is 33.4 Å². The number of hydrogen-bond acceptors (Lipinski definition) is 8. The van der Waals surface area contributed by atoms with Crippen LogP contribution in [0.3, 0.4) is 0 Å². The summed E-state index contributed by atoms with van der Waals surface area (Å²) in [6.45, 7) is 16.2. The number of halogens is 2. The van der Waals surface area contributed by atoms with Gasteiger partial charge in [0.15, 0.2) is 0 Å². The molecule has 0 saturated carbocycles. The summed E-state index contributed by atoms with van der Waals surface area (Å²) in [5.74, 6) is 1.97. The van der Waals surface area contributed by atoms with Gasteiger partial charge < -0.3 is 48.9 Å². The fourth-order valence-electron chi connectivity index (χ4n) is 8.69. The molecule has 2 unspecified atom stereocenters. The Hall–Kier alpha value is -4.34. The minimum absolute atomic E-state index is 0. The normalized spacial score (nSPS) is 13.4. The number of carboxylic acid groups (broad SMARTS) is 2. The quantitative estimate of drug-likeness (QED) is 0.0631. The van der Waals surface area contributed by atoms with E-state index in [4.69, 9.17) is 0 Å². The first-order valence-electron chi connectivity index (χ1n) is 23.5. The zero-order valence-corrected chi connectivity index (χ0v) is 49.3. The van der Waals surface area contributed by atoms with Crippen molar-refractivity contribution in [1.29, 1.82) is 0 Å². The van der Waals surface area contributed by atoms with Gasteiger partial charge in [0, 0.05) is 59.4 Å². The van der Waals surface area contributed by atoms with E-state index in [-0.39, 0.29) is 94.7 Å². The van der Waals surface area contributed by atoms with Gasteiger partial charge in [0.05, 0.1) is 47.0 Å². The number of hydrogen-bond donors (Lipinski definition) is 4. The molecule has 0 spiro atoms. The summed E-state index contributed by atoms with van der Waals surface area (Å²) < 4.78 is 57.5.